The molecule has 0 amide bonds. The summed E-state index contributed by atoms with van der Waals surface area (Å²) in [5.74, 6) is 0. The molecule has 0 aliphatic carbocycles. The Hall–Kier alpha value is -1.76. The monoisotopic (exact) mass is 225 g/mol. The van der Waals surface area contributed by atoms with Crippen molar-refractivity contribution in [1.29, 1.82) is 0 Å². The van der Waals surface area contributed by atoms with Crippen molar-refractivity contribution in [1.82, 2.24) is 0 Å². The molecule has 0 saturated carbocycles. The Kier molecular flexibility index (Phi) is 3.81. The lowest BCUT2D eigenvalue weighted by atomic mass is 10.1. The number of hydrogen-bond donors (Lipinski definition) is 0. The highest BCUT2D eigenvalue weighted by atomic mass is 15.1. The molecule has 0 saturated heterocycles. The fraction of sp³-hybridized carbons (Fsp3) is 0.250. The predicted octanol–water partition coefficient (Wildman–Crippen LogP) is 4.20. The quantitative estimate of drug-likeness (QED) is 0.753. The molecule has 0 aliphatic heterocycles. The minimum absolute atomic E-state index is 1.05. The zero-order chi connectivity index (χ0) is 12.1. The van der Waals surface area contributed by atoms with Crippen molar-refractivity contribution in [3.63, 3.8) is 0 Å². The molecule has 17 heavy (non-hydrogen) atoms. The first-order valence-corrected chi connectivity index (χ1v) is 6.25. The average molecular weight is 225 g/mol. The molecule has 2 aromatic rings. The van der Waals surface area contributed by atoms with Crippen LogP contribution < -0.4 is 4.90 Å². The first kappa shape index (κ1) is 11.7. The van der Waals surface area contributed by atoms with Crippen molar-refractivity contribution in [2.75, 3.05) is 18.0 Å². The van der Waals surface area contributed by atoms with Gasteiger partial charge in [-0.05, 0) is 37.1 Å². The van der Waals surface area contributed by atoms with E-state index >= 15 is 0 Å². The molecule has 0 spiro atoms. The summed E-state index contributed by atoms with van der Waals surface area (Å²) in [5, 5.41) is 0. The maximum absolute atomic E-state index is 2.37. The Bertz CT molecular complexity index is 458. The van der Waals surface area contributed by atoms with E-state index in [0.717, 1.165) is 13.1 Å². The van der Waals surface area contributed by atoms with E-state index in [1.54, 1.807) is 0 Å². The third kappa shape index (κ3) is 2.68. The summed E-state index contributed by atoms with van der Waals surface area (Å²) < 4.78 is 0. The summed E-state index contributed by atoms with van der Waals surface area (Å²) in [7, 11) is 0. The lowest BCUT2D eigenvalue weighted by molar-refractivity contribution is 0.866. The fourth-order valence-corrected chi connectivity index (χ4v) is 2.10. The minimum Gasteiger partial charge on any atom is -0.372 e. The van der Waals surface area contributed by atoms with Crippen LogP contribution in [0.4, 0.5) is 5.69 Å². The van der Waals surface area contributed by atoms with Crippen molar-refractivity contribution in [3.05, 3.63) is 54.6 Å². The molecule has 0 aliphatic rings. The van der Waals surface area contributed by atoms with Crippen LogP contribution in [0, 0.1) is 0 Å². The van der Waals surface area contributed by atoms with Crippen LogP contribution in [0.2, 0.25) is 0 Å². The zero-order valence-electron chi connectivity index (χ0n) is 10.6. The molecular formula is C16H19N. The van der Waals surface area contributed by atoms with Gasteiger partial charge in [0.2, 0.25) is 0 Å². The normalized spacial score (nSPS) is 10.2. The first-order valence-electron chi connectivity index (χ1n) is 6.25. The Labute approximate surface area is 104 Å². The molecule has 0 N–H and O–H groups in total. The van der Waals surface area contributed by atoms with E-state index in [9.17, 15) is 0 Å². The van der Waals surface area contributed by atoms with Crippen molar-refractivity contribution in [2.45, 2.75) is 13.8 Å². The highest BCUT2D eigenvalue weighted by Crippen LogP contribution is 2.24. The van der Waals surface area contributed by atoms with Crippen molar-refractivity contribution >= 4 is 5.69 Å². The van der Waals surface area contributed by atoms with Gasteiger partial charge in [0.05, 0.1) is 0 Å². The van der Waals surface area contributed by atoms with E-state index in [4.69, 9.17) is 0 Å². The summed E-state index contributed by atoms with van der Waals surface area (Å²) in [4.78, 5) is 2.37. The van der Waals surface area contributed by atoms with Crippen LogP contribution in [0.3, 0.4) is 0 Å². The second-order valence-corrected chi connectivity index (χ2v) is 4.09. The van der Waals surface area contributed by atoms with Gasteiger partial charge in [-0.1, -0.05) is 42.5 Å². The molecular weight excluding hydrogens is 206 g/mol. The van der Waals surface area contributed by atoms with E-state index < -0.39 is 0 Å². The maximum atomic E-state index is 2.37. The van der Waals surface area contributed by atoms with E-state index in [-0.39, 0.29) is 0 Å². The highest BCUT2D eigenvalue weighted by Gasteiger charge is 2.03. The summed E-state index contributed by atoms with van der Waals surface area (Å²) >= 11 is 0. The minimum atomic E-state index is 1.05. The smallest absolute Gasteiger partial charge is 0.0372 e. The molecule has 0 atom stereocenters. The van der Waals surface area contributed by atoms with Crippen LogP contribution in [0.25, 0.3) is 11.1 Å². The molecule has 0 bridgehead atoms. The van der Waals surface area contributed by atoms with E-state index in [2.05, 4.69) is 73.3 Å². The van der Waals surface area contributed by atoms with Gasteiger partial charge in [-0.2, -0.15) is 0 Å². The Balaban J connectivity index is 2.35. The molecule has 0 aromatic heterocycles. The highest BCUT2D eigenvalue weighted by molar-refractivity contribution is 5.68. The molecule has 0 radical (unpaired) electrons. The van der Waals surface area contributed by atoms with Gasteiger partial charge in [0.15, 0.2) is 0 Å². The summed E-state index contributed by atoms with van der Waals surface area (Å²) in [6.45, 7) is 6.49. The van der Waals surface area contributed by atoms with Crippen LogP contribution in [-0.4, -0.2) is 13.1 Å². The largest absolute Gasteiger partial charge is 0.372 e. The Morgan fingerprint density at radius 1 is 0.765 bits per heavy atom. The number of hydrogen-bond acceptors (Lipinski definition) is 1. The van der Waals surface area contributed by atoms with E-state index in [1.807, 2.05) is 0 Å². The topological polar surface area (TPSA) is 3.24 Å². The number of benzene rings is 2. The molecule has 2 aromatic carbocycles. The van der Waals surface area contributed by atoms with Gasteiger partial charge in [0.1, 0.15) is 0 Å². The van der Waals surface area contributed by atoms with Gasteiger partial charge in [0.25, 0.3) is 0 Å². The van der Waals surface area contributed by atoms with Gasteiger partial charge >= 0.3 is 0 Å². The Morgan fingerprint density at radius 2 is 1.41 bits per heavy atom. The van der Waals surface area contributed by atoms with Crippen molar-refractivity contribution in [3.8, 4) is 11.1 Å². The number of rotatable bonds is 4. The Morgan fingerprint density at radius 3 is 2.06 bits per heavy atom. The summed E-state index contributed by atoms with van der Waals surface area (Å²) in [6, 6.07) is 19.3. The van der Waals surface area contributed by atoms with Gasteiger partial charge in [-0.3, -0.25) is 0 Å². The summed E-state index contributed by atoms with van der Waals surface area (Å²) in [5.41, 5.74) is 3.87. The maximum Gasteiger partial charge on any atom is 0.0372 e. The SMILES string of the molecule is CCN(CC)c1cccc(-c2ccccc2)c1. The van der Waals surface area contributed by atoms with Crippen LogP contribution in [-0.2, 0) is 0 Å². The average Bonchev–Trinajstić information content (AvgIpc) is 2.42. The number of anilines is 1. The van der Waals surface area contributed by atoms with Crippen LogP contribution in [0.15, 0.2) is 54.6 Å². The molecule has 0 fully saturated rings. The van der Waals surface area contributed by atoms with Crippen LogP contribution in [0.5, 0.6) is 0 Å². The summed E-state index contributed by atoms with van der Waals surface area (Å²) in [6.07, 6.45) is 0. The second kappa shape index (κ2) is 5.53. The van der Waals surface area contributed by atoms with Crippen LogP contribution in [0.1, 0.15) is 13.8 Å². The first-order chi connectivity index (χ1) is 8.35. The van der Waals surface area contributed by atoms with E-state index in [0.29, 0.717) is 0 Å². The lowest BCUT2D eigenvalue weighted by Gasteiger charge is -2.21. The van der Waals surface area contributed by atoms with Gasteiger partial charge in [-0.25, -0.2) is 0 Å². The predicted molar refractivity (Wildman–Crippen MR) is 75.4 cm³/mol. The number of nitrogens with zero attached hydrogens (tertiary/aromatic N) is 1. The standard InChI is InChI=1S/C16H19N/c1-3-17(4-2)16-12-8-11-15(13-16)14-9-6-5-7-10-14/h5-13H,3-4H2,1-2H3. The van der Waals surface area contributed by atoms with Crippen molar-refractivity contribution < 1.29 is 0 Å². The van der Waals surface area contributed by atoms with Crippen molar-refractivity contribution in [2.24, 2.45) is 0 Å². The molecule has 1 heteroatoms. The lowest BCUT2D eigenvalue weighted by Crippen LogP contribution is -2.21. The molecule has 88 valence electrons. The van der Waals surface area contributed by atoms with E-state index in [1.165, 1.54) is 16.8 Å². The molecule has 0 heterocycles. The second-order valence-electron chi connectivity index (χ2n) is 4.09. The fourth-order valence-electron chi connectivity index (χ4n) is 2.10. The van der Waals surface area contributed by atoms with Gasteiger partial charge < -0.3 is 4.90 Å². The third-order valence-electron chi connectivity index (χ3n) is 3.08. The third-order valence-corrected chi connectivity index (χ3v) is 3.08. The molecule has 0 unspecified atom stereocenters. The van der Waals surface area contributed by atoms with Gasteiger partial charge in [0, 0.05) is 18.8 Å². The van der Waals surface area contributed by atoms with Crippen LogP contribution >= 0.6 is 0 Å². The molecule has 2 rings (SSSR count). The van der Waals surface area contributed by atoms with Gasteiger partial charge in [-0.15, -0.1) is 0 Å². The zero-order valence-corrected chi connectivity index (χ0v) is 10.6. The molecule has 1 nitrogen and oxygen atoms in total.